The number of thioether (sulfide) groups is 1. The molecule has 1 aromatic heterocycles. The zero-order valence-electron chi connectivity index (χ0n) is 12.6. The van der Waals surface area contributed by atoms with E-state index < -0.39 is 0 Å². The average Bonchev–Trinajstić information content (AvgIpc) is 3.18. The van der Waals surface area contributed by atoms with Crippen LogP contribution in [0.15, 0.2) is 46.7 Å². The molecule has 122 valence electrons. The Morgan fingerprint density at radius 3 is 2.58 bits per heavy atom. The summed E-state index contributed by atoms with van der Waals surface area (Å²) in [4.78, 5) is 36.3. The summed E-state index contributed by atoms with van der Waals surface area (Å²) in [6, 6.07) is 10.9. The van der Waals surface area contributed by atoms with E-state index in [1.54, 1.807) is 41.7 Å². The molecule has 1 aliphatic heterocycles. The zero-order valence-corrected chi connectivity index (χ0v) is 14.2. The Hall–Kier alpha value is -2.38. The largest absolute Gasteiger partial charge is 0.352 e. The minimum absolute atomic E-state index is 0.131. The molecule has 2 aromatic rings. The van der Waals surface area contributed by atoms with Gasteiger partial charge < -0.3 is 5.32 Å². The maximum absolute atomic E-state index is 12.1. The highest BCUT2D eigenvalue weighted by atomic mass is 32.2. The van der Waals surface area contributed by atoms with E-state index in [0.29, 0.717) is 17.0 Å². The van der Waals surface area contributed by atoms with Gasteiger partial charge in [-0.25, -0.2) is 0 Å². The molecule has 3 amide bonds. The standard InChI is InChI=1S/C17H14N2O3S2/c20-15(18-8-7-13-2-1-9-23-13)12-5-3-11(4-6-12)10-14-16(21)19-17(22)24-14/h1-6,9-10H,7-8H2,(H,18,20)(H,19,21,22)/b14-10+. The van der Waals surface area contributed by atoms with Crippen molar-refractivity contribution in [3.63, 3.8) is 0 Å². The van der Waals surface area contributed by atoms with Crippen LogP contribution in [0.25, 0.3) is 6.08 Å². The van der Waals surface area contributed by atoms with Crippen LogP contribution < -0.4 is 10.6 Å². The Bertz CT molecular complexity index is 796. The lowest BCUT2D eigenvalue weighted by molar-refractivity contribution is -0.115. The van der Waals surface area contributed by atoms with Gasteiger partial charge in [0.05, 0.1) is 4.91 Å². The lowest BCUT2D eigenvalue weighted by Gasteiger charge is -2.05. The quantitative estimate of drug-likeness (QED) is 0.806. The van der Waals surface area contributed by atoms with E-state index in [0.717, 1.165) is 23.7 Å². The number of amides is 3. The molecule has 0 radical (unpaired) electrons. The molecule has 0 spiro atoms. The first kappa shape index (κ1) is 16.5. The number of rotatable bonds is 5. The number of hydrogen-bond donors (Lipinski definition) is 2. The predicted molar refractivity (Wildman–Crippen MR) is 95.9 cm³/mol. The molecule has 3 rings (SSSR count). The van der Waals surface area contributed by atoms with Crippen LogP contribution in [0.5, 0.6) is 0 Å². The third kappa shape index (κ3) is 4.12. The van der Waals surface area contributed by atoms with Crippen LogP contribution in [0.1, 0.15) is 20.8 Å². The lowest BCUT2D eigenvalue weighted by atomic mass is 10.1. The minimum atomic E-state index is -0.389. The maximum atomic E-state index is 12.1. The van der Waals surface area contributed by atoms with Crippen LogP contribution in [0.3, 0.4) is 0 Å². The second-order valence-electron chi connectivity index (χ2n) is 5.06. The van der Waals surface area contributed by atoms with Crippen molar-refractivity contribution in [2.45, 2.75) is 6.42 Å². The van der Waals surface area contributed by atoms with Gasteiger partial charge in [0.2, 0.25) is 0 Å². The molecular formula is C17H14N2O3S2. The van der Waals surface area contributed by atoms with Gasteiger partial charge in [-0.05, 0) is 53.4 Å². The summed E-state index contributed by atoms with van der Waals surface area (Å²) in [6.07, 6.45) is 2.44. The first-order chi connectivity index (χ1) is 11.6. The predicted octanol–water partition coefficient (Wildman–Crippen LogP) is 3.04. The van der Waals surface area contributed by atoms with Gasteiger partial charge in [0.1, 0.15) is 0 Å². The normalized spacial score (nSPS) is 15.6. The van der Waals surface area contributed by atoms with Gasteiger partial charge in [-0.15, -0.1) is 11.3 Å². The fourth-order valence-electron chi connectivity index (χ4n) is 2.16. The topological polar surface area (TPSA) is 75.3 Å². The van der Waals surface area contributed by atoms with Crippen LogP contribution in [0.2, 0.25) is 0 Å². The molecule has 0 aliphatic carbocycles. The van der Waals surface area contributed by atoms with Crippen LogP contribution in [-0.2, 0) is 11.2 Å². The van der Waals surface area contributed by atoms with Crippen molar-refractivity contribution in [3.8, 4) is 0 Å². The number of carbonyl (C=O) groups excluding carboxylic acids is 3. The van der Waals surface area contributed by atoms with Gasteiger partial charge in [0.25, 0.3) is 17.1 Å². The number of carbonyl (C=O) groups is 3. The summed E-state index contributed by atoms with van der Waals surface area (Å²) < 4.78 is 0. The number of benzene rings is 1. The summed E-state index contributed by atoms with van der Waals surface area (Å²) in [5.41, 5.74) is 1.32. The van der Waals surface area contributed by atoms with Gasteiger partial charge in [-0.3, -0.25) is 19.7 Å². The maximum Gasteiger partial charge on any atom is 0.290 e. The molecular weight excluding hydrogens is 344 g/mol. The molecule has 7 heteroatoms. The molecule has 0 unspecified atom stereocenters. The Balaban J connectivity index is 1.57. The molecule has 1 saturated heterocycles. The number of imide groups is 1. The van der Waals surface area contributed by atoms with Crippen LogP contribution in [0, 0.1) is 0 Å². The Morgan fingerprint density at radius 2 is 1.96 bits per heavy atom. The molecule has 24 heavy (non-hydrogen) atoms. The third-order valence-electron chi connectivity index (χ3n) is 3.35. The summed E-state index contributed by atoms with van der Waals surface area (Å²) in [5.74, 6) is -0.519. The molecule has 0 bridgehead atoms. The summed E-state index contributed by atoms with van der Waals surface area (Å²) in [7, 11) is 0. The second kappa shape index (κ2) is 7.46. The van der Waals surface area contributed by atoms with Crippen molar-refractivity contribution >= 4 is 46.2 Å². The van der Waals surface area contributed by atoms with Crippen LogP contribution in [0.4, 0.5) is 4.79 Å². The molecule has 2 heterocycles. The van der Waals surface area contributed by atoms with E-state index >= 15 is 0 Å². The lowest BCUT2D eigenvalue weighted by Crippen LogP contribution is -2.25. The fourth-order valence-corrected chi connectivity index (χ4v) is 3.55. The first-order valence-electron chi connectivity index (χ1n) is 7.27. The van der Waals surface area contributed by atoms with Gasteiger partial charge in [-0.2, -0.15) is 0 Å². The Morgan fingerprint density at radius 1 is 1.17 bits per heavy atom. The summed E-state index contributed by atoms with van der Waals surface area (Å²) in [5, 5.41) is 6.73. The van der Waals surface area contributed by atoms with Crippen LogP contribution in [-0.4, -0.2) is 23.6 Å². The number of thiophene rings is 1. The highest BCUT2D eigenvalue weighted by Gasteiger charge is 2.24. The molecule has 1 aliphatic rings. The average molecular weight is 358 g/mol. The molecule has 0 saturated carbocycles. The minimum Gasteiger partial charge on any atom is -0.352 e. The summed E-state index contributed by atoms with van der Waals surface area (Å²) in [6.45, 7) is 0.587. The van der Waals surface area contributed by atoms with Crippen molar-refractivity contribution in [1.29, 1.82) is 0 Å². The zero-order chi connectivity index (χ0) is 16.9. The van der Waals surface area contributed by atoms with Gasteiger partial charge >= 0.3 is 0 Å². The van der Waals surface area contributed by atoms with E-state index in [1.165, 1.54) is 4.88 Å². The highest BCUT2D eigenvalue weighted by molar-refractivity contribution is 8.18. The molecule has 2 N–H and O–H groups in total. The van der Waals surface area contributed by atoms with Crippen molar-refractivity contribution in [2.75, 3.05) is 6.54 Å². The number of hydrogen-bond acceptors (Lipinski definition) is 5. The monoisotopic (exact) mass is 358 g/mol. The van der Waals surface area contributed by atoms with E-state index in [2.05, 4.69) is 10.6 Å². The van der Waals surface area contributed by atoms with Crippen molar-refractivity contribution in [1.82, 2.24) is 10.6 Å². The Kier molecular flexibility index (Phi) is 5.12. The second-order valence-corrected chi connectivity index (χ2v) is 7.11. The molecule has 1 aromatic carbocycles. The van der Waals surface area contributed by atoms with Gasteiger partial charge in [0.15, 0.2) is 0 Å². The van der Waals surface area contributed by atoms with Crippen molar-refractivity contribution < 1.29 is 14.4 Å². The summed E-state index contributed by atoms with van der Waals surface area (Å²) >= 11 is 2.54. The van der Waals surface area contributed by atoms with Crippen molar-refractivity contribution in [3.05, 3.63) is 62.7 Å². The van der Waals surface area contributed by atoms with Gasteiger partial charge in [0, 0.05) is 17.0 Å². The van der Waals surface area contributed by atoms with E-state index in [9.17, 15) is 14.4 Å². The number of nitrogens with one attached hydrogen (secondary N) is 2. The molecule has 5 nitrogen and oxygen atoms in total. The van der Waals surface area contributed by atoms with Crippen molar-refractivity contribution in [2.24, 2.45) is 0 Å². The van der Waals surface area contributed by atoms with E-state index in [-0.39, 0.29) is 17.1 Å². The highest BCUT2D eigenvalue weighted by Crippen LogP contribution is 2.25. The smallest absolute Gasteiger partial charge is 0.290 e. The van der Waals surface area contributed by atoms with Gasteiger partial charge in [-0.1, -0.05) is 18.2 Å². The van der Waals surface area contributed by atoms with Crippen LogP contribution >= 0.6 is 23.1 Å². The third-order valence-corrected chi connectivity index (χ3v) is 5.10. The fraction of sp³-hybridized carbons (Fsp3) is 0.118. The molecule has 0 atom stereocenters. The first-order valence-corrected chi connectivity index (χ1v) is 8.97. The SMILES string of the molecule is O=C1NC(=O)/C(=C\c2ccc(C(=O)NCCc3cccs3)cc2)S1. The molecule has 1 fully saturated rings. The van der Waals surface area contributed by atoms with E-state index in [4.69, 9.17) is 0 Å². The van der Waals surface area contributed by atoms with E-state index in [1.807, 2.05) is 17.5 Å². The Labute approximate surface area is 147 Å².